The quantitative estimate of drug-likeness (QED) is 0.460. The van der Waals surface area contributed by atoms with Crippen molar-refractivity contribution in [3.05, 3.63) is 69.9 Å². The zero-order valence-corrected chi connectivity index (χ0v) is 23.2. The molecule has 2 aromatic carbocycles. The number of cyclic esters (lactones) is 1. The van der Waals surface area contributed by atoms with E-state index < -0.39 is 28.3 Å². The molecule has 0 saturated carbocycles. The van der Waals surface area contributed by atoms with Gasteiger partial charge >= 0.3 is 6.09 Å². The summed E-state index contributed by atoms with van der Waals surface area (Å²) in [5.41, 5.74) is 1.02. The molecule has 0 bridgehead atoms. The van der Waals surface area contributed by atoms with E-state index >= 15 is 0 Å². The first-order valence-corrected chi connectivity index (χ1v) is 15.0. The van der Waals surface area contributed by atoms with Crippen LogP contribution in [0.25, 0.3) is 0 Å². The molecule has 11 nitrogen and oxygen atoms in total. The lowest BCUT2D eigenvalue weighted by atomic mass is 10.1. The van der Waals surface area contributed by atoms with Gasteiger partial charge in [-0.2, -0.15) is 4.31 Å². The number of benzene rings is 2. The first kappa shape index (κ1) is 26.6. The van der Waals surface area contributed by atoms with Crippen LogP contribution >= 0.6 is 22.9 Å². The highest BCUT2D eigenvalue weighted by Gasteiger charge is 2.47. The minimum Gasteiger partial charge on any atom is -0.489 e. The number of carbonyl (C=O) groups excluding carboxylic acids is 3. The minimum absolute atomic E-state index is 0.0999. The molecular weight excluding hydrogens is 580 g/mol. The number of rotatable bonds is 6. The zero-order valence-electron chi connectivity index (χ0n) is 20.9. The Kier molecular flexibility index (Phi) is 6.90. The monoisotopic (exact) mass is 602 g/mol. The van der Waals surface area contributed by atoms with Gasteiger partial charge in [0.25, 0.3) is 5.91 Å². The van der Waals surface area contributed by atoms with Crippen LogP contribution < -0.4 is 19.9 Å². The van der Waals surface area contributed by atoms with Gasteiger partial charge in [0, 0.05) is 24.8 Å². The number of fused-ring (bicyclic) bond motifs is 3. The van der Waals surface area contributed by atoms with Gasteiger partial charge in [-0.3, -0.25) is 14.5 Å². The second-order valence-corrected chi connectivity index (χ2v) is 13.0. The summed E-state index contributed by atoms with van der Waals surface area (Å²) in [7, 11) is -3.79. The summed E-state index contributed by atoms with van der Waals surface area (Å²) in [6.45, 7) is 0.232. The van der Waals surface area contributed by atoms with Gasteiger partial charge < -0.3 is 19.7 Å². The zero-order chi connectivity index (χ0) is 28.0. The van der Waals surface area contributed by atoms with Crippen LogP contribution in [0.15, 0.2) is 65.6 Å². The lowest BCUT2D eigenvalue weighted by Gasteiger charge is -2.35. The summed E-state index contributed by atoms with van der Waals surface area (Å²) >= 11 is 7.06. The molecule has 3 aliphatic rings. The molecule has 1 aromatic heterocycles. The summed E-state index contributed by atoms with van der Waals surface area (Å²) < 4.78 is 39.1. The van der Waals surface area contributed by atoms with Gasteiger partial charge in [0.15, 0.2) is 0 Å². The topological polar surface area (TPSA) is 126 Å². The normalized spacial score (nSPS) is 20.9. The van der Waals surface area contributed by atoms with Crippen molar-refractivity contribution in [3.8, 4) is 5.75 Å². The van der Waals surface area contributed by atoms with Crippen LogP contribution in [-0.4, -0.2) is 75.6 Å². The van der Waals surface area contributed by atoms with Gasteiger partial charge in [-0.15, -0.1) is 11.3 Å². The van der Waals surface area contributed by atoms with Crippen molar-refractivity contribution in [2.24, 2.45) is 0 Å². The number of sulfonamides is 1. The summed E-state index contributed by atoms with van der Waals surface area (Å²) in [5.74, 6) is -0.284. The molecular formula is C26H23ClN4O7S2. The molecule has 6 rings (SSSR count). The number of hydrogen-bond donors (Lipinski definition) is 1. The van der Waals surface area contributed by atoms with E-state index in [1.807, 2.05) is 0 Å². The van der Waals surface area contributed by atoms with Crippen molar-refractivity contribution in [3.63, 3.8) is 0 Å². The maximum atomic E-state index is 13.0. The third kappa shape index (κ3) is 4.79. The molecule has 0 radical (unpaired) electrons. The molecule has 0 aliphatic carbocycles. The molecule has 3 aliphatic heterocycles. The number of hydrogen-bond acceptors (Lipinski definition) is 8. The highest BCUT2D eigenvalue weighted by atomic mass is 35.5. The number of nitrogens with zero attached hydrogens (tertiary/aromatic N) is 3. The van der Waals surface area contributed by atoms with E-state index in [1.54, 1.807) is 48.5 Å². The Balaban J connectivity index is 1.13. The van der Waals surface area contributed by atoms with E-state index in [-0.39, 0.29) is 49.5 Å². The Hall–Kier alpha value is -3.65. The first-order chi connectivity index (χ1) is 19.2. The van der Waals surface area contributed by atoms with E-state index in [0.717, 1.165) is 11.3 Å². The molecule has 3 amide bonds. The Morgan fingerprint density at radius 1 is 1.07 bits per heavy atom. The van der Waals surface area contributed by atoms with Crippen LogP contribution in [0.1, 0.15) is 9.67 Å². The fraction of sp³-hybridized carbons (Fsp3) is 0.269. The first-order valence-electron chi connectivity index (χ1n) is 12.4. The molecule has 2 fully saturated rings. The number of amides is 3. The molecule has 208 valence electrons. The third-order valence-corrected chi connectivity index (χ3v) is 10.1. The molecule has 1 N–H and O–H groups in total. The second-order valence-electron chi connectivity index (χ2n) is 9.33. The number of thiophene rings is 1. The number of ether oxygens (including phenoxy) is 2. The van der Waals surface area contributed by atoms with Crippen molar-refractivity contribution >= 4 is 62.2 Å². The van der Waals surface area contributed by atoms with Crippen molar-refractivity contribution in [2.45, 2.75) is 17.0 Å². The molecule has 40 heavy (non-hydrogen) atoms. The fourth-order valence-electron chi connectivity index (χ4n) is 4.95. The SMILES string of the molecule is O=C(NCC1OC(=O)N2c3ccc(N4CCN(S(=O)(=O)c5ccccc5)CC4=O)cc3OCC12)c1ccc(Cl)s1. The Labute approximate surface area is 238 Å². The third-order valence-electron chi connectivity index (χ3n) is 6.96. The summed E-state index contributed by atoms with van der Waals surface area (Å²) in [4.78, 5) is 41.8. The standard InChI is InChI=1S/C26H23ClN4O7S2/c27-23-9-8-22(39-23)25(33)28-13-21-19-15-37-20-12-16(6-7-18(20)31(19)26(34)38-21)30-11-10-29(14-24(30)32)40(35,36)17-4-2-1-3-5-17/h1-9,12,19,21H,10-11,13-15H2,(H,28,33). The summed E-state index contributed by atoms with van der Waals surface area (Å²) in [6.07, 6.45) is -1.18. The van der Waals surface area contributed by atoms with Gasteiger partial charge in [-0.25, -0.2) is 13.2 Å². The van der Waals surface area contributed by atoms with Gasteiger partial charge in [0.1, 0.15) is 24.5 Å². The van der Waals surface area contributed by atoms with Crippen LogP contribution in [0.2, 0.25) is 4.34 Å². The molecule has 2 atom stereocenters. The average Bonchev–Trinajstić information content (AvgIpc) is 3.54. The highest BCUT2D eigenvalue weighted by Crippen LogP contribution is 2.41. The molecule has 2 unspecified atom stereocenters. The lowest BCUT2D eigenvalue weighted by molar-refractivity contribution is -0.119. The van der Waals surface area contributed by atoms with Gasteiger partial charge in [-0.05, 0) is 36.4 Å². The fourth-order valence-corrected chi connectivity index (χ4v) is 7.31. The van der Waals surface area contributed by atoms with Gasteiger partial charge in [0.05, 0.1) is 32.9 Å². The predicted molar refractivity (Wildman–Crippen MR) is 148 cm³/mol. The minimum atomic E-state index is -3.79. The number of halogens is 1. The number of piperazine rings is 1. The smallest absolute Gasteiger partial charge is 0.415 e. The Bertz CT molecular complexity index is 1600. The summed E-state index contributed by atoms with van der Waals surface area (Å²) in [5, 5.41) is 2.78. The maximum Gasteiger partial charge on any atom is 0.415 e. The Morgan fingerprint density at radius 2 is 1.88 bits per heavy atom. The van der Waals surface area contributed by atoms with E-state index in [9.17, 15) is 22.8 Å². The average molecular weight is 603 g/mol. The molecule has 3 aromatic rings. The number of carbonyl (C=O) groups is 3. The van der Waals surface area contributed by atoms with Crippen molar-refractivity contribution in [1.82, 2.24) is 9.62 Å². The van der Waals surface area contributed by atoms with E-state index in [1.165, 1.54) is 26.2 Å². The molecule has 4 heterocycles. The summed E-state index contributed by atoms with van der Waals surface area (Å²) in [6, 6.07) is 15.8. The molecule has 0 spiro atoms. The molecule has 14 heteroatoms. The van der Waals surface area contributed by atoms with Crippen molar-refractivity contribution < 1.29 is 32.3 Å². The van der Waals surface area contributed by atoms with Gasteiger partial charge in [0.2, 0.25) is 15.9 Å². The van der Waals surface area contributed by atoms with Crippen LogP contribution in [0, 0.1) is 0 Å². The highest BCUT2D eigenvalue weighted by molar-refractivity contribution is 7.89. The van der Waals surface area contributed by atoms with Gasteiger partial charge in [-0.1, -0.05) is 29.8 Å². The molecule has 2 saturated heterocycles. The predicted octanol–water partition coefficient (Wildman–Crippen LogP) is 2.96. The van der Waals surface area contributed by atoms with E-state index in [4.69, 9.17) is 21.1 Å². The second kappa shape index (κ2) is 10.4. The largest absolute Gasteiger partial charge is 0.489 e. The number of nitrogens with one attached hydrogen (secondary N) is 1. The van der Waals surface area contributed by atoms with Crippen LogP contribution in [0.5, 0.6) is 5.75 Å². The van der Waals surface area contributed by atoms with Crippen LogP contribution in [0.4, 0.5) is 16.2 Å². The van der Waals surface area contributed by atoms with E-state index in [0.29, 0.717) is 26.3 Å². The lowest BCUT2D eigenvalue weighted by Crippen LogP contribution is -2.52. The van der Waals surface area contributed by atoms with Crippen molar-refractivity contribution in [2.75, 3.05) is 42.6 Å². The van der Waals surface area contributed by atoms with Crippen LogP contribution in [0.3, 0.4) is 0 Å². The van der Waals surface area contributed by atoms with Crippen molar-refractivity contribution in [1.29, 1.82) is 0 Å². The van der Waals surface area contributed by atoms with E-state index in [2.05, 4.69) is 5.32 Å². The Morgan fingerprint density at radius 3 is 2.60 bits per heavy atom. The number of anilines is 2. The van der Waals surface area contributed by atoms with Crippen LogP contribution in [-0.2, 0) is 19.6 Å². The maximum absolute atomic E-state index is 13.0.